The number of nitrogens with zero attached hydrogens (tertiary/aromatic N) is 4. The SMILES string of the molecule is c1ccc(-c2nc3ccccc3nc2-c2ccc3cc(-n4c5ccccc5c5cc6c7ccc8ccccc8c7n(-c7ccccc7)c6cc54)ccc3c2)cc1. The van der Waals surface area contributed by atoms with Crippen molar-refractivity contribution in [2.24, 2.45) is 0 Å². The highest BCUT2D eigenvalue weighted by atomic mass is 15.0. The van der Waals surface area contributed by atoms with E-state index in [2.05, 4.69) is 173 Å². The van der Waals surface area contributed by atoms with Gasteiger partial charge in [0.05, 0.1) is 44.5 Å². The normalized spacial score (nSPS) is 11.9. The Bertz CT molecular complexity index is 3520. The standard InChI is InChI=1S/C52H32N4/c1-3-14-34(15-4-1)50-51(54-46-21-11-10-20-45(46)53-50)37-24-23-36-30-39(27-25-35(36)29-37)55-47-22-12-9-19-41(47)43-31-44-42-28-26-33-13-7-8-18-40(33)52(42)56(49(44)32-48(43)55)38-16-5-2-6-17-38/h1-32H. The molecule has 0 fully saturated rings. The van der Waals surface area contributed by atoms with Crippen molar-refractivity contribution in [2.45, 2.75) is 0 Å². The summed E-state index contributed by atoms with van der Waals surface area (Å²) in [5, 5.41) is 9.80. The molecular weight excluding hydrogens is 681 g/mol. The summed E-state index contributed by atoms with van der Waals surface area (Å²) in [5.41, 5.74) is 12.7. The maximum atomic E-state index is 5.17. The average Bonchev–Trinajstić information content (AvgIpc) is 3.77. The predicted octanol–water partition coefficient (Wildman–Crippen LogP) is 13.5. The summed E-state index contributed by atoms with van der Waals surface area (Å²) in [7, 11) is 0. The van der Waals surface area contributed by atoms with Crippen LogP contribution in [0.1, 0.15) is 0 Å². The molecule has 0 aliphatic carbocycles. The van der Waals surface area contributed by atoms with E-state index in [4.69, 9.17) is 9.97 Å². The summed E-state index contributed by atoms with van der Waals surface area (Å²) >= 11 is 0. The Balaban J connectivity index is 1.08. The van der Waals surface area contributed by atoms with E-state index >= 15 is 0 Å². The zero-order chi connectivity index (χ0) is 36.7. The van der Waals surface area contributed by atoms with Crippen LogP contribution in [-0.2, 0) is 0 Å². The highest BCUT2D eigenvalue weighted by Gasteiger charge is 2.20. The van der Waals surface area contributed by atoms with E-state index in [-0.39, 0.29) is 0 Å². The number of rotatable bonds is 4. The van der Waals surface area contributed by atoms with Crippen molar-refractivity contribution in [3.05, 3.63) is 194 Å². The fourth-order valence-electron chi connectivity index (χ4n) is 8.88. The van der Waals surface area contributed by atoms with Gasteiger partial charge < -0.3 is 9.13 Å². The summed E-state index contributed by atoms with van der Waals surface area (Å²) in [6.07, 6.45) is 0. The van der Waals surface area contributed by atoms with E-state index < -0.39 is 0 Å². The molecule has 0 radical (unpaired) electrons. The second kappa shape index (κ2) is 12.0. The molecule has 0 saturated carbocycles. The van der Waals surface area contributed by atoms with Crippen LogP contribution < -0.4 is 0 Å². The fourth-order valence-corrected chi connectivity index (χ4v) is 8.88. The number of aromatic nitrogens is 4. The lowest BCUT2D eigenvalue weighted by Crippen LogP contribution is -1.97. The molecule has 0 bridgehead atoms. The van der Waals surface area contributed by atoms with Crippen LogP contribution in [0.5, 0.6) is 0 Å². The lowest BCUT2D eigenvalue weighted by Gasteiger charge is -2.13. The van der Waals surface area contributed by atoms with Gasteiger partial charge in [0.25, 0.3) is 0 Å². The van der Waals surface area contributed by atoms with Crippen LogP contribution in [0.15, 0.2) is 194 Å². The van der Waals surface area contributed by atoms with Crippen molar-refractivity contribution in [1.82, 2.24) is 19.1 Å². The first-order valence-electron chi connectivity index (χ1n) is 19.1. The minimum Gasteiger partial charge on any atom is -0.309 e. The number of hydrogen-bond acceptors (Lipinski definition) is 2. The number of hydrogen-bond donors (Lipinski definition) is 0. The molecule has 0 unspecified atom stereocenters. The second-order valence-corrected chi connectivity index (χ2v) is 14.6. The van der Waals surface area contributed by atoms with Gasteiger partial charge in [0.2, 0.25) is 0 Å². The highest BCUT2D eigenvalue weighted by Crippen LogP contribution is 2.42. The molecular formula is C52H32N4. The van der Waals surface area contributed by atoms with Gasteiger partial charge in [0.15, 0.2) is 0 Å². The second-order valence-electron chi connectivity index (χ2n) is 14.6. The molecule has 9 aromatic carbocycles. The van der Waals surface area contributed by atoms with Crippen LogP contribution >= 0.6 is 0 Å². The third-order valence-electron chi connectivity index (χ3n) is 11.4. The Morgan fingerprint density at radius 3 is 1.73 bits per heavy atom. The summed E-state index contributed by atoms with van der Waals surface area (Å²) in [6, 6.07) is 69.6. The lowest BCUT2D eigenvalue weighted by atomic mass is 10.00. The molecule has 4 nitrogen and oxygen atoms in total. The van der Waals surface area contributed by atoms with E-state index in [1.54, 1.807) is 0 Å². The summed E-state index contributed by atoms with van der Waals surface area (Å²) in [4.78, 5) is 10.3. The fraction of sp³-hybridized carbons (Fsp3) is 0. The lowest BCUT2D eigenvalue weighted by molar-refractivity contribution is 1.17. The van der Waals surface area contributed by atoms with E-state index in [0.717, 1.165) is 55.7 Å². The monoisotopic (exact) mass is 712 g/mol. The number of benzene rings is 9. The van der Waals surface area contributed by atoms with Crippen molar-refractivity contribution in [3.8, 4) is 33.9 Å². The van der Waals surface area contributed by atoms with Gasteiger partial charge in [-0.2, -0.15) is 0 Å². The molecule has 0 aliphatic rings. The maximum Gasteiger partial charge on any atom is 0.0973 e. The smallest absolute Gasteiger partial charge is 0.0973 e. The quantitative estimate of drug-likeness (QED) is 0.182. The molecule has 0 spiro atoms. The molecule has 0 saturated heterocycles. The molecule has 12 rings (SSSR count). The zero-order valence-corrected chi connectivity index (χ0v) is 30.3. The van der Waals surface area contributed by atoms with Gasteiger partial charge in [0.1, 0.15) is 0 Å². The van der Waals surface area contributed by atoms with Gasteiger partial charge in [-0.25, -0.2) is 9.97 Å². The first-order valence-corrected chi connectivity index (χ1v) is 19.1. The number of para-hydroxylation sites is 4. The highest BCUT2D eigenvalue weighted by molar-refractivity contribution is 6.23. The van der Waals surface area contributed by atoms with E-state index in [9.17, 15) is 0 Å². The molecule has 56 heavy (non-hydrogen) atoms. The van der Waals surface area contributed by atoms with Crippen LogP contribution in [0.2, 0.25) is 0 Å². The van der Waals surface area contributed by atoms with Gasteiger partial charge in [0, 0.05) is 49.4 Å². The molecule has 0 aliphatic heterocycles. The van der Waals surface area contributed by atoms with Crippen LogP contribution in [0.3, 0.4) is 0 Å². The van der Waals surface area contributed by atoms with Crippen LogP contribution in [0.4, 0.5) is 0 Å². The first-order chi connectivity index (χ1) is 27.8. The van der Waals surface area contributed by atoms with Gasteiger partial charge in [-0.3, -0.25) is 0 Å². The molecule has 3 aromatic heterocycles. The molecule has 0 atom stereocenters. The summed E-state index contributed by atoms with van der Waals surface area (Å²) in [6.45, 7) is 0. The summed E-state index contributed by atoms with van der Waals surface area (Å²) < 4.78 is 4.89. The molecule has 4 heteroatoms. The molecule has 260 valence electrons. The van der Waals surface area contributed by atoms with Crippen LogP contribution in [-0.4, -0.2) is 19.1 Å². The third kappa shape index (κ3) is 4.60. The van der Waals surface area contributed by atoms with Crippen molar-refractivity contribution in [1.29, 1.82) is 0 Å². The van der Waals surface area contributed by atoms with Crippen molar-refractivity contribution >= 4 is 76.2 Å². The summed E-state index contributed by atoms with van der Waals surface area (Å²) in [5.74, 6) is 0. The topological polar surface area (TPSA) is 35.6 Å². The van der Waals surface area contributed by atoms with Crippen molar-refractivity contribution in [2.75, 3.05) is 0 Å². The maximum absolute atomic E-state index is 5.17. The Hall–Kier alpha value is -7.56. The van der Waals surface area contributed by atoms with Gasteiger partial charge in [-0.05, 0) is 76.8 Å². The van der Waals surface area contributed by atoms with Crippen LogP contribution in [0, 0.1) is 0 Å². The third-order valence-corrected chi connectivity index (χ3v) is 11.4. The van der Waals surface area contributed by atoms with Crippen molar-refractivity contribution in [3.63, 3.8) is 0 Å². The van der Waals surface area contributed by atoms with E-state index in [1.807, 2.05) is 30.3 Å². The van der Waals surface area contributed by atoms with Gasteiger partial charge >= 0.3 is 0 Å². The Morgan fingerprint density at radius 2 is 0.911 bits per heavy atom. The largest absolute Gasteiger partial charge is 0.309 e. The van der Waals surface area contributed by atoms with Gasteiger partial charge in [-0.15, -0.1) is 0 Å². The van der Waals surface area contributed by atoms with Crippen molar-refractivity contribution < 1.29 is 0 Å². The molecule has 0 N–H and O–H groups in total. The predicted molar refractivity (Wildman–Crippen MR) is 234 cm³/mol. The molecule has 12 aromatic rings. The molecule has 3 heterocycles. The Morgan fingerprint density at radius 1 is 0.304 bits per heavy atom. The first kappa shape index (κ1) is 30.9. The van der Waals surface area contributed by atoms with E-state index in [0.29, 0.717) is 0 Å². The molecule has 0 amide bonds. The Labute approximate surface area is 322 Å². The average molecular weight is 713 g/mol. The van der Waals surface area contributed by atoms with Gasteiger partial charge in [-0.1, -0.05) is 133 Å². The zero-order valence-electron chi connectivity index (χ0n) is 30.3. The van der Waals surface area contributed by atoms with Crippen LogP contribution in [0.25, 0.3) is 110 Å². The Kier molecular flexibility index (Phi) is 6.60. The minimum absolute atomic E-state index is 0.883. The minimum atomic E-state index is 0.883. The number of fused-ring (bicyclic) bond motifs is 10. The van der Waals surface area contributed by atoms with E-state index in [1.165, 1.54) is 54.4 Å².